The molecule has 0 spiro atoms. The predicted octanol–water partition coefficient (Wildman–Crippen LogP) is -1.81. The summed E-state index contributed by atoms with van der Waals surface area (Å²) in [6, 6.07) is 0. The zero-order valence-electron chi connectivity index (χ0n) is 8.32. The minimum Gasteiger partial charge on any atom is -0.481 e. The van der Waals surface area contributed by atoms with Crippen molar-refractivity contribution >= 4 is 17.8 Å². The summed E-state index contributed by atoms with van der Waals surface area (Å²) in [5.74, 6) is -0.0304. The average Bonchev–Trinajstić information content (AvgIpc) is 2.27. The lowest BCUT2D eigenvalue weighted by molar-refractivity contribution is -0.141. The second-order valence-electron chi connectivity index (χ2n) is 2.74. The van der Waals surface area contributed by atoms with Crippen molar-refractivity contribution < 1.29 is 19.5 Å². The molecule has 0 aliphatic rings. The molecular weight excluding hydrogens is 212 g/mol. The molecule has 0 aliphatic carbocycles. The molecule has 6 heteroatoms. The van der Waals surface area contributed by atoms with Crippen LogP contribution in [-0.2, 0) is 14.4 Å². The lowest BCUT2D eigenvalue weighted by Crippen LogP contribution is -2.39. The van der Waals surface area contributed by atoms with Gasteiger partial charge in [0.25, 0.3) is 11.8 Å². The number of carbonyl (C=O) groups is 3. The number of terminal acetylenes is 2. The fourth-order valence-corrected chi connectivity index (χ4v) is 0.781. The van der Waals surface area contributed by atoms with E-state index in [1.807, 2.05) is 0 Å². The Morgan fingerprint density at radius 3 is 1.69 bits per heavy atom. The summed E-state index contributed by atoms with van der Waals surface area (Å²) >= 11 is 0. The third-order valence-corrected chi connectivity index (χ3v) is 1.63. The second kappa shape index (κ2) is 6.91. The average molecular weight is 222 g/mol. The second-order valence-corrected chi connectivity index (χ2v) is 2.74. The van der Waals surface area contributed by atoms with E-state index in [-0.39, 0.29) is 13.1 Å². The summed E-state index contributed by atoms with van der Waals surface area (Å²) in [4.78, 5) is 32.0. The van der Waals surface area contributed by atoms with E-state index in [1.165, 1.54) is 0 Å². The smallest absolute Gasteiger partial charge is 0.310 e. The third-order valence-electron chi connectivity index (χ3n) is 1.63. The molecule has 0 rings (SSSR count). The van der Waals surface area contributed by atoms with Crippen LogP contribution in [0.1, 0.15) is 0 Å². The highest BCUT2D eigenvalue weighted by Gasteiger charge is 2.18. The van der Waals surface area contributed by atoms with E-state index < -0.39 is 23.7 Å². The molecule has 2 amide bonds. The molecule has 0 saturated heterocycles. The summed E-state index contributed by atoms with van der Waals surface area (Å²) in [6.45, 7) is -0.355. The minimum absolute atomic E-state index is 0.177. The lowest BCUT2D eigenvalue weighted by Gasteiger charge is -2.11. The van der Waals surface area contributed by atoms with Crippen molar-refractivity contribution in [2.75, 3.05) is 13.1 Å². The van der Waals surface area contributed by atoms with Crippen LogP contribution < -0.4 is 10.6 Å². The van der Waals surface area contributed by atoms with E-state index in [9.17, 15) is 14.4 Å². The number of carboxylic acids is 1. The number of aliphatic carboxylic acids is 1. The number of hydrogen-bond donors (Lipinski definition) is 3. The standard InChI is InChI=1S/C10H10N2O4/c1-3-8(13)11-5-7(10(15)16)6-12-9(14)4-2/h1-2,7H,5-6H2,(H,11,13)(H,12,14)(H,15,16). The van der Waals surface area contributed by atoms with Crippen molar-refractivity contribution in [3.05, 3.63) is 0 Å². The van der Waals surface area contributed by atoms with Crippen molar-refractivity contribution in [3.63, 3.8) is 0 Å². The van der Waals surface area contributed by atoms with Gasteiger partial charge in [-0.1, -0.05) is 0 Å². The molecule has 0 radical (unpaired) electrons. The van der Waals surface area contributed by atoms with E-state index in [2.05, 4.69) is 10.6 Å². The highest BCUT2D eigenvalue weighted by molar-refractivity contribution is 5.93. The normalized spacial score (nSPS) is 8.69. The van der Waals surface area contributed by atoms with Gasteiger partial charge in [-0.2, -0.15) is 0 Å². The summed E-state index contributed by atoms with van der Waals surface area (Å²) in [5, 5.41) is 13.1. The maximum Gasteiger partial charge on any atom is 0.310 e. The van der Waals surface area contributed by atoms with Gasteiger partial charge in [0.2, 0.25) is 0 Å². The first kappa shape index (κ1) is 13.5. The molecule has 84 valence electrons. The molecule has 0 heterocycles. The Balaban J connectivity index is 4.15. The van der Waals surface area contributed by atoms with E-state index in [1.54, 1.807) is 11.8 Å². The topological polar surface area (TPSA) is 95.5 Å². The predicted molar refractivity (Wildman–Crippen MR) is 54.8 cm³/mol. The zero-order chi connectivity index (χ0) is 12.6. The van der Waals surface area contributed by atoms with Gasteiger partial charge in [0.1, 0.15) is 0 Å². The highest BCUT2D eigenvalue weighted by atomic mass is 16.4. The molecule has 0 aromatic rings. The number of amides is 2. The first-order valence-electron chi connectivity index (χ1n) is 4.23. The van der Waals surface area contributed by atoms with E-state index in [4.69, 9.17) is 18.0 Å². The fourth-order valence-electron chi connectivity index (χ4n) is 0.781. The van der Waals surface area contributed by atoms with Crippen LogP contribution in [-0.4, -0.2) is 36.0 Å². The van der Waals surface area contributed by atoms with Gasteiger partial charge >= 0.3 is 5.97 Å². The van der Waals surface area contributed by atoms with Gasteiger partial charge in [0.05, 0.1) is 5.92 Å². The number of nitrogens with one attached hydrogen (secondary N) is 2. The number of rotatable bonds is 5. The van der Waals surface area contributed by atoms with Crippen molar-refractivity contribution in [1.29, 1.82) is 0 Å². The molecule has 0 fully saturated rings. The third kappa shape index (κ3) is 5.30. The maximum atomic E-state index is 10.7. The van der Waals surface area contributed by atoms with E-state index in [0.717, 1.165) is 0 Å². The molecule has 16 heavy (non-hydrogen) atoms. The van der Waals surface area contributed by atoms with Crippen LogP contribution in [0.4, 0.5) is 0 Å². The van der Waals surface area contributed by atoms with Crippen LogP contribution in [0, 0.1) is 30.6 Å². The van der Waals surface area contributed by atoms with Gasteiger partial charge in [-0.15, -0.1) is 12.8 Å². The Morgan fingerprint density at radius 1 is 1.06 bits per heavy atom. The van der Waals surface area contributed by atoms with Gasteiger partial charge in [-0.05, 0) is 11.8 Å². The highest BCUT2D eigenvalue weighted by Crippen LogP contribution is 1.92. The minimum atomic E-state index is -1.17. The SMILES string of the molecule is C#CC(=O)NCC(CNC(=O)C#C)C(=O)O. The molecule has 0 atom stereocenters. The molecule has 6 nitrogen and oxygen atoms in total. The quantitative estimate of drug-likeness (QED) is 0.477. The summed E-state index contributed by atoms with van der Waals surface area (Å²) < 4.78 is 0. The summed E-state index contributed by atoms with van der Waals surface area (Å²) in [6.07, 6.45) is 9.54. The molecular formula is C10H10N2O4. The summed E-state index contributed by atoms with van der Waals surface area (Å²) in [5.41, 5.74) is 0. The van der Waals surface area contributed by atoms with Crippen LogP contribution >= 0.6 is 0 Å². The fraction of sp³-hybridized carbons (Fsp3) is 0.300. The van der Waals surface area contributed by atoms with Gasteiger partial charge in [-0.3, -0.25) is 14.4 Å². The Kier molecular flexibility index (Phi) is 5.84. The van der Waals surface area contributed by atoms with E-state index in [0.29, 0.717) is 0 Å². The molecule has 0 aliphatic heterocycles. The molecule has 3 N–H and O–H groups in total. The van der Waals surface area contributed by atoms with Gasteiger partial charge in [0.15, 0.2) is 0 Å². The Labute approximate surface area is 92.4 Å². The number of carboxylic acid groups (broad SMARTS) is 1. The Bertz CT molecular complexity index is 345. The van der Waals surface area contributed by atoms with Crippen LogP contribution in [0.25, 0.3) is 0 Å². The summed E-state index contributed by atoms with van der Waals surface area (Å²) in [7, 11) is 0. The van der Waals surface area contributed by atoms with Gasteiger partial charge < -0.3 is 15.7 Å². The van der Waals surface area contributed by atoms with Crippen LogP contribution in [0.15, 0.2) is 0 Å². The van der Waals surface area contributed by atoms with Crippen molar-refractivity contribution in [2.45, 2.75) is 0 Å². The monoisotopic (exact) mass is 222 g/mol. The first-order chi connectivity index (χ1) is 7.51. The van der Waals surface area contributed by atoms with Crippen LogP contribution in [0.5, 0.6) is 0 Å². The van der Waals surface area contributed by atoms with Crippen LogP contribution in [0.3, 0.4) is 0 Å². The Morgan fingerprint density at radius 2 is 1.44 bits per heavy atom. The van der Waals surface area contributed by atoms with Crippen molar-refractivity contribution in [2.24, 2.45) is 5.92 Å². The molecule has 0 bridgehead atoms. The van der Waals surface area contributed by atoms with Crippen molar-refractivity contribution in [1.82, 2.24) is 10.6 Å². The lowest BCUT2D eigenvalue weighted by atomic mass is 10.1. The van der Waals surface area contributed by atoms with Gasteiger partial charge in [-0.25, -0.2) is 0 Å². The molecule has 0 aromatic heterocycles. The number of hydrogen-bond acceptors (Lipinski definition) is 3. The zero-order valence-corrected chi connectivity index (χ0v) is 8.32. The van der Waals surface area contributed by atoms with Crippen molar-refractivity contribution in [3.8, 4) is 24.7 Å². The molecule has 0 saturated carbocycles. The number of carbonyl (C=O) groups excluding carboxylic acids is 2. The van der Waals surface area contributed by atoms with Crippen LogP contribution in [0.2, 0.25) is 0 Å². The maximum absolute atomic E-state index is 10.7. The molecule has 0 aromatic carbocycles. The van der Waals surface area contributed by atoms with E-state index >= 15 is 0 Å². The largest absolute Gasteiger partial charge is 0.481 e. The molecule has 0 unspecified atom stereocenters. The van der Waals surface area contributed by atoms with Gasteiger partial charge in [0, 0.05) is 13.1 Å². The first-order valence-corrected chi connectivity index (χ1v) is 4.23. The Hall–Kier alpha value is -2.47.